The van der Waals surface area contributed by atoms with Gasteiger partial charge in [-0.1, -0.05) is 32.0 Å². The Hall–Kier alpha value is -2.89. The fraction of sp³-hybridized carbons (Fsp3) is 0.409. The minimum atomic E-state index is -0.0196. The Balaban J connectivity index is 1.68. The van der Waals surface area contributed by atoms with E-state index in [9.17, 15) is 4.79 Å². The number of nitrogens with one attached hydrogen (secondary N) is 2. The van der Waals surface area contributed by atoms with Crippen LogP contribution in [0, 0.1) is 6.92 Å². The second kappa shape index (κ2) is 9.35. The van der Waals surface area contributed by atoms with Crippen LogP contribution < -0.4 is 5.32 Å². The lowest BCUT2D eigenvalue weighted by atomic mass is 10.1. The Bertz CT molecular complexity index is 928. The molecule has 0 saturated heterocycles. The first-order valence-corrected chi connectivity index (χ1v) is 10.1. The van der Waals surface area contributed by atoms with Gasteiger partial charge in [-0.05, 0) is 37.8 Å². The molecule has 2 aromatic heterocycles. The van der Waals surface area contributed by atoms with Crippen molar-refractivity contribution in [3.8, 4) is 0 Å². The first kappa shape index (κ1) is 19.9. The number of hydrogen-bond acceptors (Lipinski definition) is 4. The number of aromatic amines is 1. The Morgan fingerprint density at radius 2 is 1.89 bits per heavy atom. The number of anilines is 1. The van der Waals surface area contributed by atoms with Crippen LogP contribution in [-0.2, 0) is 6.42 Å². The molecule has 0 saturated carbocycles. The Kier molecular flexibility index (Phi) is 6.63. The number of H-pyrrole nitrogens is 1. The monoisotopic (exact) mass is 379 g/mol. The van der Waals surface area contributed by atoms with Gasteiger partial charge in [0, 0.05) is 42.8 Å². The van der Waals surface area contributed by atoms with Gasteiger partial charge in [0.1, 0.15) is 17.3 Å². The van der Waals surface area contributed by atoms with Crippen LogP contribution >= 0.6 is 0 Å². The third-order valence-corrected chi connectivity index (χ3v) is 4.71. The highest BCUT2D eigenvalue weighted by Crippen LogP contribution is 2.18. The molecule has 0 fully saturated rings. The highest BCUT2D eigenvalue weighted by Gasteiger charge is 2.17. The predicted octanol–water partition coefficient (Wildman–Crippen LogP) is 4.18. The van der Waals surface area contributed by atoms with E-state index in [1.807, 2.05) is 17.9 Å². The maximum absolute atomic E-state index is 12.8. The number of amides is 1. The van der Waals surface area contributed by atoms with Gasteiger partial charge < -0.3 is 15.2 Å². The molecule has 0 bridgehead atoms. The van der Waals surface area contributed by atoms with Gasteiger partial charge in [0.05, 0.1) is 0 Å². The number of carbonyl (C=O) groups excluding carboxylic acids is 1. The zero-order valence-corrected chi connectivity index (χ0v) is 17.0. The van der Waals surface area contributed by atoms with Crippen LogP contribution in [0.5, 0.6) is 0 Å². The summed E-state index contributed by atoms with van der Waals surface area (Å²) in [6.45, 7) is 8.22. The molecule has 1 aromatic carbocycles. The summed E-state index contributed by atoms with van der Waals surface area (Å²) in [5, 5.41) is 4.60. The van der Waals surface area contributed by atoms with Crippen LogP contribution in [0.15, 0.2) is 36.5 Å². The number of aromatic nitrogens is 3. The molecule has 0 aliphatic rings. The molecular formula is C22H29N5O. The fourth-order valence-electron chi connectivity index (χ4n) is 3.45. The van der Waals surface area contributed by atoms with Crippen molar-refractivity contribution in [2.24, 2.45) is 0 Å². The maximum Gasteiger partial charge on any atom is 0.272 e. The molecule has 0 aliphatic carbocycles. The van der Waals surface area contributed by atoms with E-state index in [1.165, 1.54) is 10.9 Å². The van der Waals surface area contributed by atoms with Crippen molar-refractivity contribution in [2.45, 2.75) is 40.0 Å². The molecule has 2 N–H and O–H groups in total. The summed E-state index contributed by atoms with van der Waals surface area (Å²) in [5.41, 5.74) is 2.88. The van der Waals surface area contributed by atoms with E-state index in [2.05, 4.69) is 58.5 Å². The lowest BCUT2D eigenvalue weighted by Crippen LogP contribution is -2.33. The predicted molar refractivity (Wildman–Crippen MR) is 114 cm³/mol. The van der Waals surface area contributed by atoms with Crippen LogP contribution in [0.2, 0.25) is 0 Å². The van der Waals surface area contributed by atoms with E-state index in [1.54, 1.807) is 6.07 Å². The van der Waals surface area contributed by atoms with E-state index in [0.29, 0.717) is 17.3 Å². The van der Waals surface area contributed by atoms with E-state index in [0.717, 1.165) is 44.4 Å². The second-order valence-electron chi connectivity index (χ2n) is 7.01. The summed E-state index contributed by atoms with van der Waals surface area (Å²) in [7, 11) is 0. The van der Waals surface area contributed by atoms with E-state index in [4.69, 9.17) is 0 Å². The Morgan fingerprint density at radius 1 is 1.14 bits per heavy atom. The highest BCUT2D eigenvalue weighted by molar-refractivity contribution is 5.93. The number of hydrogen-bond donors (Lipinski definition) is 2. The van der Waals surface area contributed by atoms with E-state index < -0.39 is 0 Å². The Morgan fingerprint density at radius 3 is 2.64 bits per heavy atom. The second-order valence-corrected chi connectivity index (χ2v) is 7.01. The van der Waals surface area contributed by atoms with Gasteiger partial charge >= 0.3 is 0 Å². The summed E-state index contributed by atoms with van der Waals surface area (Å²) >= 11 is 0. The zero-order chi connectivity index (χ0) is 19.9. The van der Waals surface area contributed by atoms with E-state index in [-0.39, 0.29) is 5.91 Å². The van der Waals surface area contributed by atoms with Crippen molar-refractivity contribution < 1.29 is 4.79 Å². The van der Waals surface area contributed by atoms with Crippen molar-refractivity contribution in [1.82, 2.24) is 19.9 Å². The van der Waals surface area contributed by atoms with Gasteiger partial charge in [-0.3, -0.25) is 4.79 Å². The van der Waals surface area contributed by atoms with Crippen molar-refractivity contribution in [3.05, 3.63) is 53.6 Å². The number of para-hydroxylation sites is 1. The standard InChI is InChI=1S/C22H29N5O/c1-4-12-27(13-5-2)22(28)20-14-21(26-16(3)25-20)23-11-10-17-15-24-19-9-7-6-8-18(17)19/h6-9,14-15,24H,4-5,10-13H2,1-3H3,(H,23,25,26). The van der Waals surface area contributed by atoms with Crippen molar-refractivity contribution in [3.63, 3.8) is 0 Å². The van der Waals surface area contributed by atoms with Gasteiger partial charge in [-0.15, -0.1) is 0 Å². The third kappa shape index (κ3) is 4.68. The number of carbonyl (C=O) groups is 1. The van der Waals surface area contributed by atoms with Crippen LogP contribution in [0.4, 0.5) is 5.82 Å². The largest absolute Gasteiger partial charge is 0.370 e. The minimum absolute atomic E-state index is 0.0196. The quantitative estimate of drug-likeness (QED) is 0.585. The van der Waals surface area contributed by atoms with Gasteiger partial charge in [0.25, 0.3) is 5.91 Å². The fourth-order valence-corrected chi connectivity index (χ4v) is 3.45. The van der Waals surface area contributed by atoms with Crippen LogP contribution in [0.3, 0.4) is 0 Å². The number of benzene rings is 1. The number of rotatable bonds is 9. The minimum Gasteiger partial charge on any atom is -0.370 e. The number of aryl methyl sites for hydroxylation is 1. The molecule has 0 spiro atoms. The highest BCUT2D eigenvalue weighted by atomic mass is 16.2. The SMILES string of the molecule is CCCN(CCC)C(=O)c1cc(NCCc2c[nH]c3ccccc23)nc(C)n1. The molecule has 0 radical (unpaired) electrons. The van der Waals surface area contributed by atoms with Gasteiger partial charge in [-0.2, -0.15) is 0 Å². The third-order valence-electron chi connectivity index (χ3n) is 4.71. The molecule has 6 heteroatoms. The van der Waals surface area contributed by atoms with Crippen LogP contribution in [-0.4, -0.2) is 45.4 Å². The van der Waals surface area contributed by atoms with Gasteiger partial charge in [0.15, 0.2) is 0 Å². The van der Waals surface area contributed by atoms with E-state index >= 15 is 0 Å². The van der Waals surface area contributed by atoms with Gasteiger partial charge in [-0.25, -0.2) is 9.97 Å². The molecule has 0 unspecified atom stereocenters. The summed E-state index contributed by atoms with van der Waals surface area (Å²) in [6, 6.07) is 10.1. The summed E-state index contributed by atoms with van der Waals surface area (Å²) in [6.07, 6.45) is 4.80. The summed E-state index contributed by atoms with van der Waals surface area (Å²) in [5.74, 6) is 1.28. The molecule has 2 heterocycles. The smallest absolute Gasteiger partial charge is 0.272 e. The van der Waals surface area contributed by atoms with Crippen LogP contribution in [0.1, 0.15) is 48.6 Å². The topological polar surface area (TPSA) is 73.9 Å². The molecule has 0 atom stereocenters. The summed E-state index contributed by atoms with van der Waals surface area (Å²) in [4.78, 5) is 26.8. The lowest BCUT2D eigenvalue weighted by Gasteiger charge is -2.21. The lowest BCUT2D eigenvalue weighted by molar-refractivity contribution is 0.0749. The number of nitrogens with zero attached hydrogens (tertiary/aromatic N) is 3. The molecular weight excluding hydrogens is 350 g/mol. The first-order chi connectivity index (χ1) is 13.6. The molecule has 148 valence electrons. The van der Waals surface area contributed by atoms with Crippen LogP contribution in [0.25, 0.3) is 10.9 Å². The first-order valence-electron chi connectivity index (χ1n) is 10.1. The normalized spacial score (nSPS) is 11.0. The molecule has 6 nitrogen and oxygen atoms in total. The number of fused-ring (bicyclic) bond motifs is 1. The van der Waals surface area contributed by atoms with Gasteiger partial charge in [0.2, 0.25) is 0 Å². The average molecular weight is 380 g/mol. The zero-order valence-electron chi connectivity index (χ0n) is 17.0. The van der Waals surface area contributed by atoms with Crippen molar-refractivity contribution >= 4 is 22.6 Å². The Labute approximate surface area is 166 Å². The molecule has 3 aromatic rings. The van der Waals surface area contributed by atoms with Crippen molar-refractivity contribution in [2.75, 3.05) is 25.0 Å². The van der Waals surface area contributed by atoms with Crippen molar-refractivity contribution in [1.29, 1.82) is 0 Å². The molecule has 3 rings (SSSR count). The summed E-state index contributed by atoms with van der Waals surface area (Å²) < 4.78 is 0. The molecule has 28 heavy (non-hydrogen) atoms. The average Bonchev–Trinajstić information content (AvgIpc) is 3.10. The molecule has 1 amide bonds. The molecule has 0 aliphatic heterocycles. The maximum atomic E-state index is 12.8.